The number of ether oxygens (including phenoxy) is 1. The van der Waals surface area contributed by atoms with E-state index in [1.54, 1.807) is 14.0 Å². The summed E-state index contributed by atoms with van der Waals surface area (Å²) >= 11 is 0. The smallest absolute Gasteiger partial charge is 0.273 e. The van der Waals surface area contributed by atoms with Gasteiger partial charge in [0.15, 0.2) is 0 Å². The minimum Gasteiger partial charge on any atom is -0.497 e. The van der Waals surface area contributed by atoms with Crippen molar-refractivity contribution in [3.05, 3.63) is 63.7 Å². The van der Waals surface area contributed by atoms with E-state index in [2.05, 4.69) is 9.62 Å². The summed E-state index contributed by atoms with van der Waals surface area (Å²) in [5.41, 5.74) is 1.20. The van der Waals surface area contributed by atoms with Crippen LogP contribution in [0, 0.1) is 17.0 Å². The SMILES string of the molecule is COc1ccc([C@H](CNS(=O)(=O)c2ccc(C)c([N+](=O)[O-])c2)N2CCCC2)cc1. The van der Waals surface area contributed by atoms with Crippen molar-refractivity contribution in [3.8, 4) is 5.75 Å². The Hall–Kier alpha value is -2.49. The molecule has 0 saturated carbocycles. The first-order chi connectivity index (χ1) is 13.8. The van der Waals surface area contributed by atoms with E-state index in [0.29, 0.717) is 5.56 Å². The highest BCUT2D eigenvalue weighted by Crippen LogP contribution is 2.27. The molecule has 0 spiro atoms. The van der Waals surface area contributed by atoms with E-state index in [-0.39, 0.29) is 23.2 Å². The number of aryl methyl sites for hydroxylation is 1. The molecule has 0 radical (unpaired) electrons. The van der Waals surface area contributed by atoms with Crippen molar-refractivity contribution >= 4 is 15.7 Å². The number of likely N-dealkylation sites (tertiary alicyclic amines) is 1. The van der Waals surface area contributed by atoms with E-state index in [4.69, 9.17) is 4.74 Å². The van der Waals surface area contributed by atoms with Gasteiger partial charge in [-0.25, -0.2) is 13.1 Å². The molecule has 1 saturated heterocycles. The van der Waals surface area contributed by atoms with Gasteiger partial charge in [0, 0.05) is 24.2 Å². The molecule has 2 aromatic rings. The van der Waals surface area contributed by atoms with Crippen LogP contribution < -0.4 is 9.46 Å². The minimum atomic E-state index is -3.88. The van der Waals surface area contributed by atoms with E-state index in [9.17, 15) is 18.5 Å². The summed E-state index contributed by atoms with van der Waals surface area (Å²) in [6.45, 7) is 3.55. The first-order valence-electron chi connectivity index (χ1n) is 9.44. The van der Waals surface area contributed by atoms with Gasteiger partial charge >= 0.3 is 0 Å². The van der Waals surface area contributed by atoms with Gasteiger partial charge in [0.25, 0.3) is 5.69 Å². The van der Waals surface area contributed by atoms with Crippen molar-refractivity contribution in [3.63, 3.8) is 0 Å². The Balaban J connectivity index is 1.82. The second-order valence-corrected chi connectivity index (χ2v) is 8.86. The largest absolute Gasteiger partial charge is 0.497 e. The lowest BCUT2D eigenvalue weighted by atomic mass is 10.1. The molecule has 3 rings (SSSR count). The molecule has 29 heavy (non-hydrogen) atoms. The lowest BCUT2D eigenvalue weighted by Crippen LogP contribution is -2.36. The lowest BCUT2D eigenvalue weighted by molar-refractivity contribution is -0.385. The first kappa shape index (κ1) is 21.2. The lowest BCUT2D eigenvalue weighted by Gasteiger charge is -2.28. The van der Waals surface area contributed by atoms with Gasteiger partial charge in [-0.05, 0) is 56.6 Å². The molecule has 0 amide bonds. The number of benzene rings is 2. The number of hydrogen-bond acceptors (Lipinski definition) is 6. The summed E-state index contributed by atoms with van der Waals surface area (Å²) in [5.74, 6) is 0.737. The second kappa shape index (κ2) is 8.89. The highest BCUT2D eigenvalue weighted by atomic mass is 32.2. The van der Waals surface area contributed by atoms with Gasteiger partial charge in [-0.2, -0.15) is 0 Å². The van der Waals surface area contributed by atoms with Crippen molar-refractivity contribution in [2.24, 2.45) is 0 Å². The summed E-state index contributed by atoms with van der Waals surface area (Å²) in [7, 11) is -2.29. The zero-order valence-electron chi connectivity index (χ0n) is 16.5. The van der Waals surface area contributed by atoms with Crippen LogP contribution in [0.4, 0.5) is 5.69 Å². The maximum absolute atomic E-state index is 12.8. The predicted octanol–water partition coefficient (Wildman–Crippen LogP) is 3.03. The van der Waals surface area contributed by atoms with E-state index in [1.807, 2.05) is 24.3 Å². The molecular weight excluding hydrogens is 394 g/mol. The van der Waals surface area contributed by atoms with E-state index in [1.165, 1.54) is 12.1 Å². The molecule has 1 heterocycles. The van der Waals surface area contributed by atoms with Crippen LogP contribution in [-0.2, 0) is 10.0 Å². The number of nitro benzene ring substituents is 1. The van der Waals surface area contributed by atoms with Crippen LogP contribution in [0.1, 0.15) is 30.0 Å². The van der Waals surface area contributed by atoms with Crippen LogP contribution in [-0.4, -0.2) is 45.0 Å². The van der Waals surface area contributed by atoms with Gasteiger partial charge in [0.2, 0.25) is 10.0 Å². The van der Waals surface area contributed by atoms with E-state index in [0.717, 1.165) is 43.3 Å². The molecule has 1 aliphatic heterocycles. The van der Waals surface area contributed by atoms with Crippen LogP contribution in [0.25, 0.3) is 0 Å². The van der Waals surface area contributed by atoms with Gasteiger partial charge < -0.3 is 4.74 Å². The zero-order valence-corrected chi connectivity index (χ0v) is 17.3. The van der Waals surface area contributed by atoms with Gasteiger partial charge in [0.05, 0.1) is 16.9 Å². The van der Waals surface area contributed by atoms with Crippen LogP contribution in [0.3, 0.4) is 0 Å². The average molecular weight is 420 g/mol. The Morgan fingerprint density at radius 1 is 1.17 bits per heavy atom. The molecule has 0 aromatic heterocycles. The van der Waals surface area contributed by atoms with Gasteiger partial charge in [-0.15, -0.1) is 0 Å². The topological polar surface area (TPSA) is 102 Å². The van der Waals surface area contributed by atoms with Gasteiger partial charge in [-0.1, -0.05) is 18.2 Å². The number of nitrogens with zero attached hydrogens (tertiary/aromatic N) is 2. The third-order valence-corrected chi connectivity index (χ3v) is 6.66. The Bertz CT molecular complexity index is 970. The number of rotatable bonds is 8. The van der Waals surface area contributed by atoms with Crippen LogP contribution in [0.5, 0.6) is 5.75 Å². The molecule has 0 bridgehead atoms. The number of hydrogen-bond donors (Lipinski definition) is 1. The molecule has 1 fully saturated rings. The normalized spacial score (nSPS) is 15.9. The average Bonchev–Trinajstić information content (AvgIpc) is 3.23. The summed E-state index contributed by atoms with van der Waals surface area (Å²) in [6, 6.07) is 11.4. The molecule has 2 aromatic carbocycles. The van der Waals surface area contributed by atoms with Crippen molar-refractivity contribution < 1.29 is 18.1 Å². The molecule has 1 atom stereocenters. The number of methoxy groups -OCH3 is 1. The van der Waals surface area contributed by atoms with Crippen molar-refractivity contribution in [2.75, 3.05) is 26.7 Å². The van der Waals surface area contributed by atoms with Gasteiger partial charge in [-0.3, -0.25) is 15.0 Å². The predicted molar refractivity (Wildman–Crippen MR) is 110 cm³/mol. The number of sulfonamides is 1. The van der Waals surface area contributed by atoms with E-state index >= 15 is 0 Å². The summed E-state index contributed by atoms with van der Waals surface area (Å²) in [6.07, 6.45) is 2.15. The maximum atomic E-state index is 12.8. The Morgan fingerprint density at radius 3 is 2.41 bits per heavy atom. The molecule has 156 valence electrons. The number of nitrogens with one attached hydrogen (secondary N) is 1. The fourth-order valence-electron chi connectivity index (χ4n) is 3.56. The van der Waals surface area contributed by atoms with Crippen LogP contribution in [0.15, 0.2) is 47.4 Å². The first-order valence-corrected chi connectivity index (χ1v) is 10.9. The second-order valence-electron chi connectivity index (χ2n) is 7.09. The van der Waals surface area contributed by atoms with Crippen LogP contribution in [0.2, 0.25) is 0 Å². The third-order valence-electron chi connectivity index (χ3n) is 5.24. The van der Waals surface area contributed by atoms with E-state index < -0.39 is 14.9 Å². The highest BCUT2D eigenvalue weighted by molar-refractivity contribution is 7.89. The highest BCUT2D eigenvalue weighted by Gasteiger charge is 2.26. The Labute approximate surface area is 170 Å². The van der Waals surface area contributed by atoms with Crippen molar-refractivity contribution in [2.45, 2.75) is 30.7 Å². The molecule has 8 nitrogen and oxygen atoms in total. The zero-order chi connectivity index (χ0) is 21.0. The third kappa shape index (κ3) is 4.92. The van der Waals surface area contributed by atoms with Crippen LogP contribution >= 0.6 is 0 Å². The van der Waals surface area contributed by atoms with Crippen molar-refractivity contribution in [1.82, 2.24) is 9.62 Å². The van der Waals surface area contributed by atoms with Crippen molar-refractivity contribution in [1.29, 1.82) is 0 Å². The molecule has 1 aliphatic rings. The molecule has 1 N–H and O–H groups in total. The fourth-order valence-corrected chi connectivity index (χ4v) is 4.62. The summed E-state index contributed by atoms with van der Waals surface area (Å²) < 4.78 is 33.4. The number of nitro groups is 1. The monoisotopic (exact) mass is 419 g/mol. The molecular formula is C20H25N3O5S. The Morgan fingerprint density at radius 2 is 1.83 bits per heavy atom. The molecule has 9 heteroatoms. The van der Waals surface area contributed by atoms with Gasteiger partial charge in [0.1, 0.15) is 5.75 Å². The molecule has 0 aliphatic carbocycles. The Kier molecular flexibility index (Phi) is 6.51. The molecule has 0 unspecified atom stereocenters. The summed E-state index contributed by atoms with van der Waals surface area (Å²) in [4.78, 5) is 12.7. The quantitative estimate of drug-likeness (QED) is 0.521. The summed E-state index contributed by atoms with van der Waals surface area (Å²) in [5, 5.41) is 11.2. The fraction of sp³-hybridized carbons (Fsp3) is 0.400. The maximum Gasteiger partial charge on any atom is 0.273 e. The standard InChI is InChI=1S/C20H25N3O5S/c1-15-5-10-18(13-19(15)23(24)25)29(26,27)21-14-20(22-11-3-4-12-22)16-6-8-17(28-2)9-7-16/h5-10,13,20-21H,3-4,11-12,14H2,1-2H3/t20-/m0/s1. The minimum absolute atomic E-state index is 0.107.